The number of nitrogens with one attached hydrogen (secondary N) is 1. The number of hydrogen-bond acceptors (Lipinski definition) is 4. The van der Waals surface area contributed by atoms with Gasteiger partial charge < -0.3 is 20.5 Å². The summed E-state index contributed by atoms with van der Waals surface area (Å²) in [4.78, 5) is 12.1. The van der Waals surface area contributed by atoms with Gasteiger partial charge in [0.05, 0.1) is 18.6 Å². The van der Waals surface area contributed by atoms with Crippen LogP contribution in [0.1, 0.15) is 19.3 Å². The Morgan fingerprint density at radius 3 is 2.78 bits per heavy atom. The molecule has 0 aromatic carbocycles. The molecule has 0 atom stereocenters. The molecule has 0 aromatic heterocycles. The largest absolute Gasteiger partial charge is 0.381 e. The summed E-state index contributed by atoms with van der Waals surface area (Å²) in [5.74, 6) is 0.0284. The monoisotopic (exact) mass is 256 g/mol. The van der Waals surface area contributed by atoms with E-state index in [1.807, 2.05) is 6.08 Å². The highest BCUT2D eigenvalue weighted by Crippen LogP contribution is 2.29. The molecule has 104 valence electrons. The minimum Gasteiger partial charge on any atom is -0.381 e. The molecule has 0 spiro atoms. The molecule has 1 aliphatic heterocycles. The van der Waals surface area contributed by atoms with Crippen LogP contribution in [0.2, 0.25) is 0 Å². The number of amides is 1. The second-order valence-corrected chi connectivity index (χ2v) is 4.54. The van der Waals surface area contributed by atoms with Crippen molar-refractivity contribution in [3.05, 3.63) is 12.7 Å². The van der Waals surface area contributed by atoms with Crippen molar-refractivity contribution in [2.45, 2.75) is 19.3 Å². The van der Waals surface area contributed by atoms with Crippen LogP contribution in [-0.4, -0.2) is 45.4 Å². The highest BCUT2D eigenvalue weighted by atomic mass is 16.5. The molecule has 18 heavy (non-hydrogen) atoms. The number of rotatable bonds is 8. The first-order chi connectivity index (χ1) is 8.75. The van der Waals surface area contributed by atoms with E-state index in [0.717, 1.165) is 6.42 Å². The molecule has 0 unspecified atom stereocenters. The molecule has 1 aliphatic rings. The normalized spacial score (nSPS) is 18.3. The van der Waals surface area contributed by atoms with Crippen LogP contribution in [0.4, 0.5) is 0 Å². The van der Waals surface area contributed by atoms with Gasteiger partial charge in [0, 0.05) is 26.3 Å². The van der Waals surface area contributed by atoms with Gasteiger partial charge in [-0.25, -0.2) is 0 Å². The van der Waals surface area contributed by atoms with Crippen LogP contribution in [0, 0.1) is 5.41 Å². The summed E-state index contributed by atoms with van der Waals surface area (Å²) in [5, 5.41) is 2.90. The van der Waals surface area contributed by atoms with Crippen LogP contribution in [0.3, 0.4) is 0 Å². The highest BCUT2D eigenvalue weighted by molar-refractivity contribution is 5.83. The minimum atomic E-state index is -0.445. The molecule has 1 heterocycles. The first-order valence-corrected chi connectivity index (χ1v) is 6.50. The van der Waals surface area contributed by atoms with E-state index in [2.05, 4.69) is 11.9 Å². The molecule has 5 heteroatoms. The molecule has 0 bridgehead atoms. The van der Waals surface area contributed by atoms with Gasteiger partial charge in [-0.15, -0.1) is 6.58 Å². The Labute approximate surface area is 109 Å². The van der Waals surface area contributed by atoms with E-state index in [9.17, 15) is 4.79 Å². The molecule has 1 fully saturated rings. The molecule has 3 N–H and O–H groups in total. The molecule has 0 aliphatic carbocycles. The lowest BCUT2D eigenvalue weighted by atomic mass is 9.79. The lowest BCUT2D eigenvalue weighted by molar-refractivity contribution is -0.136. The van der Waals surface area contributed by atoms with Gasteiger partial charge in [-0.2, -0.15) is 0 Å². The summed E-state index contributed by atoms with van der Waals surface area (Å²) >= 11 is 0. The maximum atomic E-state index is 12.1. The summed E-state index contributed by atoms with van der Waals surface area (Å²) in [6.07, 6.45) is 4.04. The second kappa shape index (κ2) is 8.24. The van der Waals surface area contributed by atoms with E-state index in [1.165, 1.54) is 0 Å². The molecule has 0 aromatic rings. The van der Waals surface area contributed by atoms with Crippen molar-refractivity contribution < 1.29 is 14.3 Å². The summed E-state index contributed by atoms with van der Waals surface area (Å²) < 4.78 is 10.6. The quantitative estimate of drug-likeness (QED) is 0.488. The van der Waals surface area contributed by atoms with Crippen molar-refractivity contribution in [1.29, 1.82) is 0 Å². The van der Waals surface area contributed by atoms with Gasteiger partial charge in [-0.05, 0) is 19.3 Å². The van der Waals surface area contributed by atoms with Gasteiger partial charge in [0.2, 0.25) is 5.91 Å². The van der Waals surface area contributed by atoms with E-state index in [4.69, 9.17) is 15.2 Å². The Hall–Kier alpha value is -0.910. The van der Waals surface area contributed by atoms with Crippen LogP contribution in [-0.2, 0) is 14.3 Å². The molecule has 0 radical (unpaired) electrons. The zero-order chi connectivity index (χ0) is 13.3. The molecular weight excluding hydrogens is 232 g/mol. The maximum absolute atomic E-state index is 12.1. The van der Waals surface area contributed by atoms with E-state index in [1.54, 1.807) is 0 Å². The minimum absolute atomic E-state index is 0.0284. The molecule has 1 rings (SSSR count). The van der Waals surface area contributed by atoms with Crippen LogP contribution in [0.25, 0.3) is 0 Å². The van der Waals surface area contributed by atoms with Gasteiger partial charge in [-0.1, -0.05) is 6.08 Å². The zero-order valence-electron chi connectivity index (χ0n) is 11.0. The predicted molar refractivity (Wildman–Crippen MR) is 70.2 cm³/mol. The van der Waals surface area contributed by atoms with Crippen LogP contribution in [0.5, 0.6) is 0 Å². The molecular formula is C13H24N2O3. The lowest BCUT2D eigenvalue weighted by Crippen LogP contribution is -2.49. The third-order valence-electron chi connectivity index (χ3n) is 3.32. The van der Waals surface area contributed by atoms with E-state index < -0.39 is 5.41 Å². The summed E-state index contributed by atoms with van der Waals surface area (Å²) in [6.45, 7) is 6.91. The third kappa shape index (κ3) is 4.40. The molecule has 0 saturated carbocycles. The van der Waals surface area contributed by atoms with Crippen LogP contribution < -0.4 is 11.1 Å². The van der Waals surface area contributed by atoms with Gasteiger partial charge in [-0.3, -0.25) is 4.79 Å². The molecule has 1 saturated heterocycles. The van der Waals surface area contributed by atoms with Crippen LogP contribution >= 0.6 is 0 Å². The fraction of sp³-hybridized carbons (Fsp3) is 0.769. The maximum Gasteiger partial charge on any atom is 0.227 e. The molecule has 1 amide bonds. The van der Waals surface area contributed by atoms with Crippen molar-refractivity contribution in [2.24, 2.45) is 11.1 Å². The topological polar surface area (TPSA) is 73.6 Å². The van der Waals surface area contributed by atoms with Crippen molar-refractivity contribution in [1.82, 2.24) is 5.32 Å². The average Bonchev–Trinajstić information content (AvgIpc) is 2.43. The number of carbonyl (C=O) groups is 1. The first-order valence-electron chi connectivity index (χ1n) is 6.50. The van der Waals surface area contributed by atoms with E-state index >= 15 is 0 Å². The number of hydrogen-bond donors (Lipinski definition) is 2. The zero-order valence-corrected chi connectivity index (χ0v) is 11.0. The number of ether oxygens (including phenoxy) is 2. The fourth-order valence-corrected chi connectivity index (χ4v) is 1.98. The smallest absolute Gasteiger partial charge is 0.227 e. The third-order valence-corrected chi connectivity index (χ3v) is 3.32. The average molecular weight is 256 g/mol. The number of nitrogens with two attached hydrogens (primary N) is 1. The van der Waals surface area contributed by atoms with E-state index in [0.29, 0.717) is 52.4 Å². The van der Waals surface area contributed by atoms with E-state index in [-0.39, 0.29) is 5.91 Å². The Morgan fingerprint density at radius 1 is 1.44 bits per heavy atom. The van der Waals surface area contributed by atoms with Gasteiger partial charge in [0.1, 0.15) is 0 Å². The Kier molecular flexibility index (Phi) is 6.93. The Bertz CT molecular complexity index is 263. The van der Waals surface area contributed by atoms with Gasteiger partial charge >= 0.3 is 0 Å². The Morgan fingerprint density at radius 2 is 2.17 bits per heavy atom. The van der Waals surface area contributed by atoms with Crippen molar-refractivity contribution in [3.8, 4) is 0 Å². The summed E-state index contributed by atoms with van der Waals surface area (Å²) in [6, 6.07) is 0. The van der Waals surface area contributed by atoms with Crippen molar-refractivity contribution in [2.75, 3.05) is 39.5 Å². The SMILES string of the molecule is C=CCCOCCNC(=O)C1(CN)CCOCC1. The highest BCUT2D eigenvalue weighted by Gasteiger charge is 2.38. The summed E-state index contributed by atoms with van der Waals surface area (Å²) in [7, 11) is 0. The Balaban J connectivity index is 2.23. The van der Waals surface area contributed by atoms with Gasteiger partial charge in [0.25, 0.3) is 0 Å². The molecule has 5 nitrogen and oxygen atoms in total. The fourth-order valence-electron chi connectivity index (χ4n) is 1.98. The standard InChI is InChI=1S/C13H24N2O3/c1-2-3-7-17-10-6-15-12(16)13(11-14)4-8-18-9-5-13/h2H,1,3-11,14H2,(H,15,16). The lowest BCUT2D eigenvalue weighted by Gasteiger charge is -2.34. The van der Waals surface area contributed by atoms with Crippen LogP contribution in [0.15, 0.2) is 12.7 Å². The predicted octanol–water partition coefficient (Wildman–Crippen LogP) is 0.451. The van der Waals surface area contributed by atoms with Crippen molar-refractivity contribution in [3.63, 3.8) is 0 Å². The van der Waals surface area contributed by atoms with Gasteiger partial charge in [0.15, 0.2) is 0 Å². The second-order valence-electron chi connectivity index (χ2n) is 4.54. The first kappa shape index (κ1) is 15.1. The number of carbonyl (C=O) groups excluding carboxylic acids is 1. The summed E-state index contributed by atoms with van der Waals surface area (Å²) in [5.41, 5.74) is 5.31. The van der Waals surface area contributed by atoms with Crippen molar-refractivity contribution >= 4 is 5.91 Å².